The molecule has 0 N–H and O–H groups in total. The summed E-state index contributed by atoms with van der Waals surface area (Å²) in [4.78, 5) is 9.14. The Morgan fingerprint density at radius 2 is 1.95 bits per heavy atom. The molecule has 0 atom stereocenters. The van der Waals surface area contributed by atoms with Crippen molar-refractivity contribution < 1.29 is 0 Å². The van der Waals surface area contributed by atoms with Gasteiger partial charge in [-0.25, -0.2) is 4.98 Å². The van der Waals surface area contributed by atoms with E-state index in [1.807, 2.05) is 18.3 Å². The minimum atomic E-state index is 0.441. The summed E-state index contributed by atoms with van der Waals surface area (Å²) >= 11 is 6.09. The molecule has 0 fully saturated rings. The Bertz CT molecular complexity index is 748. The maximum Gasteiger partial charge on any atom is 0.124 e. The number of pyridine rings is 1. The second-order valence-corrected chi connectivity index (χ2v) is 5.65. The van der Waals surface area contributed by atoms with Crippen molar-refractivity contribution in [2.24, 2.45) is 0 Å². The average Bonchev–Trinajstić information content (AvgIpc) is 2.90. The van der Waals surface area contributed by atoms with Gasteiger partial charge in [-0.05, 0) is 12.5 Å². The van der Waals surface area contributed by atoms with E-state index in [2.05, 4.69) is 33.6 Å². The van der Waals surface area contributed by atoms with Gasteiger partial charge >= 0.3 is 0 Å². The number of unbranched alkanes of at least 4 members (excludes halogenated alkanes) is 3. The zero-order chi connectivity index (χ0) is 14.7. The van der Waals surface area contributed by atoms with Crippen LogP contribution in [0.25, 0.3) is 21.9 Å². The fourth-order valence-electron chi connectivity index (χ4n) is 2.85. The lowest BCUT2D eigenvalue weighted by atomic mass is 10.2. The quantitative estimate of drug-likeness (QED) is 0.479. The Morgan fingerprint density at radius 3 is 2.76 bits per heavy atom. The highest BCUT2D eigenvalue weighted by molar-refractivity contribution is 6.17. The molecule has 0 saturated heterocycles. The van der Waals surface area contributed by atoms with E-state index >= 15 is 0 Å². The Kier molecular flexibility index (Phi) is 4.39. The molecule has 1 aromatic carbocycles. The van der Waals surface area contributed by atoms with Gasteiger partial charge in [-0.2, -0.15) is 0 Å². The van der Waals surface area contributed by atoms with E-state index in [9.17, 15) is 0 Å². The van der Waals surface area contributed by atoms with Crippen molar-refractivity contribution >= 4 is 33.5 Å². The third-order valence-electron chi connectivity index (χ3n) is 3.91. The molecule has 0 radical (unpaired) electrons. The van der Waals surface area contributed by atoms with Gasteiger partial charge in [-0.1, -0.05) is 44.4 Å². The molecule has 2 heterocycles. The number of imidazole rings is 1. The average molecular weight is 302 g/mol. The number of alkyl halides is 1. The van der Waals surface area contributed by atoms with E-state index in [4.69, 9.17) is 11.6 Å². The second-order valence-electron chi connectivity index (χ2n) is 5.38. The third-order valence-corrected chi connectivity index (χ3v) is 4.15. The zero-order valence-corrected chi connectivity index (χ0v) is 13.1. The summed E-state index contributed by atoms with van der Waals surface area (Å²) in [5.41, 5.74) is 3.13. The van der Waals surface area contributed by atoms with Crippen LogP contribution >= 0.6 is 11.6 Å². The van der Waals surface area contributed by atoms with Gasteiger partial charge in [0.2, 0.25) is 0 Å². The van der Waals surface area contributed by atoms with Crippen molar-refractivity contribution in [3.8, 4) is 0 Å². The molecule has 3 aromatic rings. The van der Waals surface area contributed by atoms with Gasteiger partial charge in [0.25, 0.3) is 0 Å². The lowest BCUT2D eigenvalue weighted by molar-refractivity contribution is 0.581. The monoisotopic (exact) mass is 301 g/mol. The van der Waals surface area contributed by atoms with E-state index in [0.29, 0.717) is 5.88 Å². The number of para-hydroxylation sites is 1. The van der Waals surface area contributed by atoms with Crippen molar-refractivity contribution in [3.63, 3.8) is 0 Å². The van der Waals surface area contributed by atoms with Crippen molar-refractivity contribution in [2.45, 2.75) is 45.0 Å². The van der Waals surface area contributed by atoms with Crippen LogP contribution < -0.4 is 0 Å². The molecule has 110 valence electrons. The molecule has 0 spiro atoms. The first kappa shape index (κ1) is 14.3. The van der Waals surface area contributed by atoms with E-state index < -0.39 is 0 Å². The first-order chi connectivity index (χ1) is 10.3. The number of benzene rings is 1. The highest BCUT2D eigenvalue weighted by Gasteiger charge is 2.13. The molecule has 0 aliphatic carbocycles. The SMILES string of the molecule is CCCCCCn1c(CCl)nc2cnc3ccccc3c21. The Hall–Kier alpha value is -1.61. The van der Waals surface area contributed by atoms with Gasteiger partial charge < -0.3 is 4.57 Å². The van der Waals surface area contributed by atoms with Crippen LogP contribution in [0.5, 0.6) is 0 Å². The molecule has 0 amide bonds. The topological polar surface area (TPSA) is 30.7 Å². The lowest BCUT2D eigenvalue weighted by Gasteiger charge is -2.09. The Morgan fingerprint density at radius 1 is 1.10 bits per heavy atom. The van der Waals surface area contributed by atoms with Crippen molar-refractivity contribution in [2.75, 3.05) is 0 Å². The molecule has 3 rings (SSSR count). The summed E-state index contributed by atoms with van der Waals surface area (Å²) in [5.74, 6) is 1.39. The zero-order valence-electron chi connectivity index (χ0n) is 12.3. The summed E-state index contributed by atoms with van der Waals surface area (Å²) in [7, 11) is 0. The fraction of sp³-hybridized carbons (Fsp3) is 0.412. The van der Waals surface area contributed by atoms with Crippen LogP contribution in [0.4, 0.5) is 0 Å². The molecule has 0 saturated carbocycles. The van der Waals surface area contributed by atoms with Gasteiger partial charge in [-0.3, -0.25) is 4.98 Å². The molecule has 0 aliphatic rings. The van der Waals surface area contributed by atoms with Crippen LogP contribution in [0.2, 0.25) is 0 Å². The molecule has 0 bridgehead atoms. The molecule has 21 heavy (non-hydrogen) atoms. The van der Waals surface area contributed by atoms with Crippen LogP contribution in [0.3, 0.4) is 0 Å². The molecular formula is C17H20ClN3. The van der Waals surface area contributed by atoms with Crippen LogP contribution in [0.15, 0.2) is 30.5 Å². The van der Waals surface area contributed by atoms with Crippen LogP contribution in [-0.2, 0) is 12.4 Å². The van der Waals surface area contributed by atoms with Gasteiger partial charge in [0.15, 0.2) is 0 Å². The molecular weight excluding hydrogens is 282 g/mol. The normalized spacial score (nSPS) is 11.5. The first-order valence-electron chi connectivity index (χ1n) is 7.64. The number of nitrogens with zero attached hydrogens (tertiary/aromatic N) is 3. The van der Waals surface area contributed by atoms with Gasteiger partial charge in [0.05, 0.1) is 23.1 Å². The molecule has 0 unspecified atom stereocenters. The van der Waals surface area contributed by atoms with E-state index in [1.54, 1.807) is 0 Å². The summed E-state index contributed by atoms with van der Waals surface area (Å²) in [5, 5.41) is 1.16. The number of aryl methyl sites for hydroxylation is 1. The maximum atomic E-state index is 6.09. The summed E-state index contributed by atoms with van der Waals surface area (Å²) < 4.78 is 2.28. The minimum Gasteiger partial charge on any atom is -0.326 e. The third kappa shape index (κ3) is 2.75. The first-order valence-corrected chi connectivity index (χ1v) is 8.17. The predicted octanol–water partition coefficient (Wildman–Crippen LogP) is 4.90. The van der Waals surface area contributed by atoms with Gasteiger partial charge in [-0.15, -0.1) is 11.6 Å². The van der Waals surface area contributed by atoms with E-state index in [1.165, 1.54) is 31.2 Å². The molecule has 0 aliphatic heterocycles. The highest BCUT2D eigenvalue weighted by Crippen LogP contribution is 2.25. The number of hydrogen-bond acceptors (Lipinski definition) is 2. The van der Waals surface area contributed by atoms with Gasteiger partial charge in [0, 0.05) is 11.9 Å². The Balaban J connectivity index is 2.08. The molecule has 2 aromatic heterocycles. The van der Waals surface area contributed by atoms with E-state index in [-0.39, 0.29) is 0 Å². The summed E-state index contributed by atoms with van der Waals surface area (Å²) in [6, 6.07) is 8.24. The summed E-state index contributed by atoms with van der Waals surface area (Å²) in [6.07, 6.45) is 6.81. The number of rotatable bonds is 6. The largest absolute Gasteiger partial charge is 0.326 e. The highest BCUT2D eigenvalue weighted by atomic mass is 35.5. The fourth-order valence-corrected chi connectivity index (χ4v) is 3.05. The molecule has 4 heteroatoms. The van der Waals surface area contributed by atoms with E-state index in [0.717, 1.165) is 28.8 Å². The number of aromatic nitrogens is 3. The Labute approximate surface area is 130 Å². The minimum absolute atomic E-state index is 0.441. The summed E-state index contributed by atoms with van der Waals surface area (Å²) in [6.45, 7) is 3.21. The number of fused-ring (bicyclic) bond motifs is 3. The number of hydrogen-bond donors (Lipinski definition) is 0. The van der Waals surface area contributed by atoms with Crippen LogP contribution in [0, 0.1) is 0 Å². The molecule has 3 nitrogen and oxygen atoms in total. The van der Waals surface area contributed by atoms with Crippen molar-refractivity contribution in [3.05, 3.63) is 36.3 Å². The van der Waals surface area contributed by atoms with Crippen molar-refractivity contribution in [1.82, 2.24) is 14.5 Å². The van der Waals surface area contributed by atoms with Crippen LogP contribution in [0.1, 0.15) is 38.4 Å². The maximum absolute atomic E-state index is 6.09. The number of halogens is 1. The van der Waals surface area contributed by atoms with Crippen molar-refractivity contribution in [1.29, 1.82) is 0 Å². The lowest BCUT2D eigenvalue weighted by Crippen LogP contribution is -2.03. The van der Waals surface area contributed by atoms with Crippen LogP contribution in [-0.4, -0.2) is 14.5 Å². The smallest absolute Gasteiger partial charge is 0.124 e. The second kappa shape index (κ2) is 6.44. The van der Waals surface area contributed by atoms with Gasteiger partial charge in [0.1, 0.15) is 11.3 Å². The standard InChI is InChI=1S/C17H20ClN3/c1-2-3-4-7-10-21-16(11-18)20-15-12-19-14-9-6-5-8-13(14)17(15)21/h5-6,8-9,12H,2-4,7,10-11H2,1H3. The predicted molar refractivity (Wildman–Crippen MR) is 88.7 cm³/mol.